The van der Waals surface area contributed by atoms with Gasteiger partial charge in [-0.15, -0.1) is 0 Å². The number of aromatic nitrogens is 2. The average Bonchev–Trinajstić information content (AvgIpc) is 2.48. The molecule has 1 aromatic rings. The van der Waals surface area contributed by atoms with Crippen molar-refractivity contribution in [3.63, 3.8) is 0 Å². The molecule has 0 N–H and O–H groups in total. The molecule has 2 saturated heterocycles. The molecular formula is C13H21AlN4O. The summed E-state index contributed by atoms with van der Waals surface area (Å²) in [6.07, 6.45) is 6.23. The van der Waals surface area contributed by atoms with E-state index in [4.69, 9.17) is 3.79 Å². The molecule has 2 atom stereocenters. The molecule has 0 radical (unpaired) electrons. The summed E-state index contributed by atoms with van der Waals surface area (Å²) < 4.78 is 5.43. The fraction of sp³-hybridized carbons (Fsp3) is 0.692. The normalized spacial score (nSPS) is 28.1. The fourth-order valence-corrected chi connectivity index (χ4v) is 3.74. The van der Waals surface area contributed by atoms with Crippen LogP contribution < -0.4 is 4.90 Å². The molecule has 2 aliphatic rings. The Balaban J connectivity index is 1.60. The molecule has 0 saturated carbocycles. The van der Waals surface area contributed by atoms with E-state index in [-0.39, 0.29) is 0 Å². The zero-order chi connectivity index (χ0) is 13.1. The van der Waals surface area contributed by atoms with Crippen molar-refractivity contribution in [3.05, 3.63) is 18.5 Å². The minimum Gasteiger partial charge on any atom is -0.506 e. The number of nitrogens with zero attached hydrogens (tertiary/aromatic N) is 4. The lowest BCUT2D eigenvalue weighted by atomic mass is 9.92. The predicted molar refractivity (Wildman–Crippen MR) is 76.8 cm³/mol. The number of anilines is 1. The highest BCUT2D eigenvalue weighted by Crippen LogP contribution is 2.26. The van der Waals surface area contributed by atoms with Gasteiger partial charge in [0.2, 0.25) is 5.95 Å². The van der Waals surface area contributed by atoms with Gasteiger partial charge in [0.15, 0.2) is 0 Å². The first-order valence-corrected chi connectivity index (χ1v) is 7.93. The van der Waals surface area contributed by atoms with Crippen molar-refractivity contribution in [2.45, 2.75) is 18.9 Å². The van der Waals surface area contributed by atoms with E-state index in [1.807, 2.05) is 18.5 Å². The number of hydrogen-bond acceptors (Lipinski definition) is 5. The van der Waals surface area contributed by atoms with E-state index in [1.165, 1.54) is 19.4 Å². The van der Waals surface area contributed by atoms with Gasteiger partial charge in [0.1, 0.15) is 0 Å². The minimum atomic E-state index is 0.669. The second-order valence-corrected chi connectivity index (χ2v) is 6.12. The summed E-state index contributed by atoms with van der Waals surface area (Å²) >= 11 is 0.864. The van der Waals surface area contributed by atoms with Crippen LogP contribution in [0.3, 0.4) is 0 Å². The van der Waals surface area contributed by atoms with Crippen LogP contribution in [0.5, 0.6) is 0 Å². The van der Waals surface area contributed by atoms with Crippen molar-refractivity contribution in [1.82, 2.24) is 14.9 Å². The molecule has 0 amide bonds. The minimum absolute atomic E-state index is 0.669. The summed E-state index contributed by atoms with van der Waals surface area (Å²) in [5.74, 6) is 1.63. The summed E-state index contributed by atoms with van der Waals surface area (Å²) in [5, 5.41) is 0. The fourth-order valence-electron chi connectivity index (χ4n) is 3.27. The van der Waals surface area contributed by atoms with Gasteiger partial charge < -0.3 is 8.69 Å². The average molecular weight is 276 g/mol. The Labute approximate surface area is 122 Å². The first-order chi connectivity index (χ1) is 9.36. The molecule has 3 heterocycles. The summed E-state index contributed by atoms with van der Waals surface area (Å²) in [6, 6.07) is 2.54. The zero-order valence-corrected chi connectivity index (χ0v) is 13.5. The van der Waals surface area contributed by atoms with E-state index in [0.29, 0.717) is 6.04 Å². The predicted octanol–water partition coefficient (Wildman–Crippen LogP) is -0.0581. The first kappa shape index (κ1) is 13.3. The largest absolute Gasteiger partial charge is 0.506 e. The van der Waals surface area contributed by atoms with E-state index < -0.39 is 0 Å². The Morgan fingerprint density at radius 3 is 2.84 bits per heavy atom. The highest BCUT2D eigenvalue weighted by molar-refractivity contribution is 5.97. The van der Waals surface area contributed by atoms with Crippen LogP contribution in [0.15, 0.2) is 18.5 Å². The zero-order valence-electron chi connectivity index (χ0n) is 11.5. The van der Waals surface area contributed by atoms with Crippen molar-refractivity contribution >= 4 is 22.6 Å². The molecule has 0 bridgehead atoms. The highest BCUT2D eigenvalue weighted by atomic mass is 27.1. The summed E-state index contributed by atoms with van der Waals surface area (Å²) in [7, 11) is 0. The number of piperazine rings is 1. The van der Waals surface area contributed by atoms with Crippen LogP contribution in [0.2, 0.25) is 0 Å². The molecule has 102 valence electrons. The van der Waals surface area contributed by atoms with Crippen LogP contribution in [0.4, 0.5) is 5.95 Å². The van der Waals surface area contributed by atoms with E-state index in [1.54, 1.807) is 0 Å². The Kier molecular flexibility index (Phi) is 4.34. The van der Waals surface area contributed by atoms with E-state index in [9.17, 15) is 0 Å². The van der Waals surface area contributed by atoms with Gasteiger partial charge in [0.25, 0.3) is 0 Å². The van der Waals surface area contributed by atoms with Crippen molar-refractivity contribution < 1.29 is 3.79 Å². The maximum Gasteiger partial charge on any atom is 0.410 e. The van der Waals surface area contributed by atoms with E-state index >= 15 is 0 Å². The number of hydrogen-bond donors (Lipinski definition) is 0. The molecule has 19 heavy (non-hydrogen) atoms. The van der Waals surface area contributed by atoms with Gasteiger partial charge >= 0.3 is 16.6 Å². The maximum atomic E-state index is 5.43. The molecule has 5 nitrogen and oxygen atoms in total. The maximum absolute atomic E-state index is 5.43. The van der Waals surface area contributed by atoms with Gasteiger partial charge in [-0.3, -0.25) is 4.90 Å². The van der Waals surface area contributed by atoms with Crippen LogP contribution in [-0.2, 0) is 3.79 Å². The lowest BCUT2D eigenvalue weighted by molar-refractivity contribution is 0.0745. The van der Waals surface area contributed by atoms with Crippen molar-refractivity contribution in [2.75, 3.05) is 37.7 Å². The molecule has 0 spiro atoms. The third kappa shape index (κ3) is 3.09. The lowest BCUT2D eigenvalue weighted by Crippen LogP contribution is -2.57. The molecule has 1 aromatic heterocycles. The van der Waals surface area contributed by atoms with Crippen LogP contribution in [-0.4, -0.2) is 70.3 Å². The standard InChI is InChI=1S/C13H19N4O.Al.2H/c18-10-11-2-3-12-9-17(7-6-16(12)8-11)13-14-4-1-5-15-13;;;/h1,4-5,11-12H,2-3,6-10H2;;;/q-1;+1;;. The third-order valence-electron chi connectivity index (χ3n) is 4.24. The van der Waals surface area contributed by atoms with Gasteiger partial charge in [0, 0.05) is 51.2 Å². The molecule has 2 unspecified atom stereocenters. The smallest absolute Gasteiger partial charge is 0.410 e. The van der Waals surface area contributed by atoms with Crippen LogP contribution in [0, 0.1) is 5.92 Å². The third-order valence-corrected chi connectivity index (χ3v) is 4.58. The Morgan fingerprint density at radius 2 is 2.05 bits per heavy atom. The summed E-state index contributed by atoms with van der Waals surface area (Å²) in [4.78, 5) is 13.7. The summed E-state index contributed by atoms with van der Waals surface area (Å²) in [5.41, 5.74) is 0. The van der Waals surface area contributed by atoms with Gasteiger partial charge in [0.05, 0.1) is 0 Å². The van der Waals surface area contributed by atoms with E-state index in [2.05, 4.69) is 19.8 Å². The molecule has 3 rings (SSSR count). The number of fused-ring (bicyclic) bond motifs is 1. The quantitative estimate of drug-likeness (QED) is 0.724. The van der Waals surface area contributed by atoms with Crippen molar-refractivity contribution in [3.8, 4) is 0 Å². The topological polar surface area (TPSA) is 41.5 Å². The molecule has 2 fully saturated rings. The molecule has 6 heteroatoms. The van der Waals surface area contributed by atoms with Gasteiger partial charge in [-0.2, -0.15) is 0 Å². The van der Waals surface area contributed by atoms with Crippen LogP contribution in [0.25, 0.3) is 0 Å². The molecule has 2 aliphatic heterocycles. The monoisotopic (exact) mass is 276 g/mol. The Morgan fingerprint density at radius 1 is 1.21 bits per heavy atom. The van der Waals surface area contributed by atoms with Crippen molar-refractivity contribution in [1.29, 1.82) is 0 Å². The van der Waals surface area contributed by atoms with Crippen molar-refractivity contribution in [2.24, 2.45) is 5.92 Å². The van der Waals surface area contributed by atoms with Gasteiger partial charge in [-0.1, -0.05) is 0 Å². The molecular weight excluding hydrogens is 255 g/mol. The second-order valence-electron chi connectivity index (χ2n) is 5.54. The van der Waals surface area contributed by atoms with Gasteiger partial charge in [-0.05, 0) is 24.8 Å². The summed E-state index contributed by atoms with van der Waals surface area (Å²) in [6.45, 7) is 5.39. The van der Waals surface area contributed by atoms with Crippen LogP contribution in [0.1, 0.15) is 12.8 Å². The van der Waals surface area contributed by atoms with E-state index in [0.717, 1.165) is 54.7 Å². The first-order valence-electron chi connectivity index (χ1n) is 7.12. The Bertz CT molecular complexity index is 405. The second kappa shape index (κ2) is 6.19. The highest BCUT2D eigenvalue weighted by Gasteiger charge is 2.33. The molecule has 0 aromatic carbocycles. The van der Waals surface area contributed by atoms with Crippen LogP contribution >= 0.6 is 0 Å². The SMILES string of the molecule is [AlH2][O]CC1CCC2CN(c3ncccn3)CCN2C1. The lowest BCUT2D eigenvalue weighted by Gasteiger charge is -2.46. The number of rotatable bonds is 3. The molecule has 0 aliphatic carbocycles. The Hall–Kier alpha value is -0.668. The number of piperidine rings is 1. The van der Waals surface area contributed by atoms with Gasteiger partial charge in [-0.25, -0.2) is 9.97 Å².